The number of benzene rings is 2. The first-order chi connectivity index (χ1) is 13.5. The van der Waals surface area contributed by atoms with Crippen molar-refractivity contribution in [3.05, 3.63) is 70.1 Å². The second kappa shape index (κ2) is 8.69. The van der Waals surface area contributed by atoms with E-state index in [-0.39, 0.29) is 23.1 Å². The zero-order valence-corrected chi connectivity index (χ0v) is 16.4. The number of hydrogen-bond acceptors (Lipinski definition) is 4. The van der Waals surface area contributed by atoms with Crippen LogP contribution < -0.4 is 15.6 Å². The fraction of sp³-hybridized carbons (Fsp3) is 0.318. The summed E-state index contributed by atoms with van der Waals surface area (Å²) in [6.45, 7) is 4.93. The molecule has 28 heavy (non-hydrogen) atoms. The predicted octanol–water partition coefficient (Wildman–Crippen LogP) is 3.03. The highest BCUT2D eigenvalue weighted by Crippen LogP contribution is 2.17. The molecule has 0 saturated carbocycles. The van der Waals surface area contributed by atoms with E-state index >= 15 is 0 Å². The molecule has 0 bridgehead atoms. The summed E-state index contributed by atoms with van der Waals surface area (Å²) in [4.78, 5) is 25.5. The number of fused-ring (bicyclic) bond motifs is 1. The van der Waals surface area contributed by atoms with Crippen LogP contribution in [-0.4, -0.2) is 29.3 Å². The predicted molar refractivity (Wildman–Crippen MR) is 110 cm³/mol. The number of ether oxygens (including phenoxy) is 1. The van der Waals surface area contributed by atoms with Crippen molar-refractivity contribution in [1.29, 1.82) is 0 Å². The van der Waals surface area contributed by atoms with Crippen LogP contribution in [0.1, 0.15) is 29.9 Å². The van der Waals surface area contributed by atoms with Gasteiger partial charge in [0.2, 0.25) is 0 Å². The van der Waals surface area contributed by atoms with E-state index in [1.165, 1.54) is 4.68 Å². The molecule has 0 atom stereocenters. The van der Waals surface area contributed by atoms with E-state index in [2.05, 4.69) is 10.4 Å². The third kappa shape index (κ3) is 4.22. The molecule has 1 amide bonds. The average Bonchev–Trinajstić information content (AvgIpc) is 2.70. The first-order valence-corrected chi connectivity index (χ1v) is 9.41. The van der Waals surface area contributed by atoms with Crippen molar-refractivity contribution in [1.82, 2.24) is 15.1 Å². The maximum atomic E-state index is 12.8. The van der Waals surface area contributed by atoms with Crippen molar-refractivity contribution >= 4 is 16.7 Å². The van der Waals surface area contributed by atoms with Gasteiger partial charge in [-0.05, 0) is 30.0 Å². The minimum absolute atomic E-state index is 0.171. The molecule has 0 radical (unpaired) electrons. The highest BCUT2D eigenvalue weighted by molar-refractivity contribution is 6.04. The molecule has 0 aliphatic heterocycles. The Morgan fingerprint density at radius 3 is 2.50 bits per heavy atom. The Morgan fingerprint density at radius 1 is 1.11 bits per heavy atom. The molecule has 0 unspecified atom stereocenters. The van der Waals surface area contributed by atoms with E-state index in [0.717, 1.165) is 11.3 Å². The Hall–Kier alpha value is -3.15. The van der Waals surface area contributed by atoms with E-state index in [4.69, 9.17) is 4.74 Å². The lowest BCUT2D eigenvalue weighted by molar-refractivity contribution is 0.0948. The molecule has 0 fully saturated rings. The minimum Gasteiger partial charge on any atom is -0.496 e. The highest BCUT2D eigenvalue weighted by atomic mass is 16.5. The van der Waals surface area contributed by atoms with Crippen LogP contribution in [0, 0.1) is 5.92 Å². The van der Waals surface area contributed by atoms with Crippen LogP contribution in [0.15, 0.2) is 53.3 Å². The van der Waals surface area contributed by atoms with Crippen LogP contribution >= 0.6 is 0 Å². The third-order valence-corrected chi connectivity index (χ3v) is 4.49. The molecule has 1 heterocycles. The van der Waals surface area contributed by atoms with Gasteiger partial charge in [-0.25, -0.2) is 4.68 Å². The number of aromatic nitrogens is 2. The van der Waals surface area contributed by atoms with Crippen LogP contribution in [0.2, 0.25) is 0 Å². The standard InChI is InChI=1S/C22H25N3O3/c1-15(2)14-25-22(27)18-10-6-5-9-17(18)20(24-25)21(26)23-13-12-16-8-4-7-11-19(16)28-3/h4-11,15H,12-14H2,1-3H3,(H,23,26). The SMILES string of the molecule is COc1ccccc1CCNC(=O)c1nn(CC(C)C)c(=O)c2ccccc12. The van der Waals surface area contributed by atoms with Crippen molar-refractivity contribution in [2.24, 2.45) is 5.92 Å². The maximum absolute atomic E-state index is 12.8. The summed E-state index contributed by atoms with van der Waals surface area (Å²) in [6.07, 6.45) is 0.638. The molecular weight excluding hydrogens is 354 g/mol. The van der Waals surface area contributed by atoms with E-state index in [1.807, 2.05) is 44.2 Å². The Balaban J connectivity index is 1.84. The Labute approximate surface area is 164 Å². The highest BCUT2D eigenvalue weighted by Gasteiger charge is 2.17. The lowest BCUT2D eigenvalue weighted by Gasteiger charge is -2.13. The average molecular weight is 379 g/mol. The van der Waals surface area contributed by atoms with Gasteiger partial charge in [0.1, 0.15) is 5.75 Å². The first-order valence-electron chi connectivity index (χ1n) is 9.41. The topological polar surface area (TPSA) is 73.2 Å². The van der Waals surface area contributed by atoms with Gasteiger partial charge in [-0.15, -0.1) is 0 Å². The number of hydrogen-bond donors (Lipinski definition) is 1. The van der Waals surface area contributed by atoms with Crippen LogP contribution in [-0.2, 0) is 13.0 Å². The van der Waals surface area contributed by atoms with E-state index in [9.17, 15) is 9.59 Å². The van der Waals surface area contributed by atoms with Crippen LogP contribution in [0.3, 0.4) is 0 Å². The third-order valence-electron chi connectivity index (χ3n) is 4.49. The smallest absolute Gasteiger partial charge is 0.274 e. The summed E-state index contributed by atoms with van der Waals surface area (Å²) in [7, 11) is 1.63. The summed E-state index contributed by atoms with van der Waals surface area (Å²) in [6, 6.07) is 14.8. The number of para-hydroxylation sites is 1. The van der Waals surface area contributed by atoms with Gasteiger partial charge >= 0.3 is 0 Å². The number of carbonyl (C=O) groups is 1. The van der Waals surface area contributed by atoms with Crippen LogP contribution in [0.25, 0.3) is 10.8 Å². The number of carbonyl (C=O) groups excluding carboxylic acids is 1. The second-order valence-corrected chi connectivity index (χ2v) is 7.09. The largest absolute Gasteiger partial charge is 0.496 e. The molecule has 2 aromatic carbocycles. The lowest BCUT2D eigenvalue weighted by Crippen LogP contribution is -2.32. The van der Waals surface area contributed by atoms with E-state index in [0.29, 0.717) is 30.3 Å². The Morgan fingerprint density at radius 2 is 1.79 bits per heavy atom. The summed E-state index contributed by atoms with van der Waals surface area (Å²) in [5.74, 6) is 0.752. The van der Waals surface area contributed by atoms with Gasteiger partial charge < -0.3 is 10.1 Å². The molecule has 1 N–H and O–H groups in total. The van der Waals surface area contributed by atoms with Crippen molar-refractivity contribution in [2.45, 2.75) is 26.8 Å². The van der Waals surface area contributed by atoms with Crippen molar-refractivity contribution < 1.29 is 9.53 Å². The summed E-state index contributed by atoms with van der Waals surface area (Å²) in [5.41, 5.74) is 1.12. The summed E-state index contributed by atoms with van der Waals surface area (Å²) < 4.78 is 6.74. The molecule has 3 aromatic rings. The molecular formula is C22H25N3O3. The molecule has 3 rings (SSSR count). The fourth-order valence-electron chi connectivity index (χ4n) is 3.18. The molecule has 0 aliphatic carbocycles. The first kappa shape index (κ1) is 19.6. The number of nitrogens with zero attached hydrogens (tertiary/aromatic N) is 2. The quantitative estimate of drug-likeness (QED) is 0.685. The molecule has 6 nitrogen and oxygen atoms in total. The summed E-state index contributed by atoms with van der Waals surface area (Å²) >= 11 is 0. The fourth-order valence-corrected chi connectivity index (χ4v) is 3.18. The molecule has 0 saturated heterocycles. The van der Waals surface area contributed by atoms with Crippen molar-refractivity contribution in [3.8, 4) is 5.75 Å². The molecule has 0 spiro atoms. The van der Waals surface area contributed by atoms with Gasteiger partial charge in [-0.2, -0.15) is 5.10 Å². The van der Waals surface area contributed by atoms with E-state index < -0.39 is 0 Å². The summed E-state index contributed by atoms with van der Waals surface area (Å²) in [5, 5.41) is 8.36. The number of methoxy groups -OCH3 is 1. The van der Waals surface area contributed by atoms with Gasteiger partial charge in [0.25, 0.3) is 11.5 Å². The zero-order chi connectivity index (χ0) is 20.1. The van der Waals surface area contributed by atoms with Gasteiger partial charge in [-0.3, -0.25) is 9.59 Å². The van der Waals surface area contributed by atoms with Crippen molar-refractivity contribution in [3.63, 3.8) is 0 Å². The molecule has 146 valence electrons. The van der Waals surface area contributed by atoms with Gasteiger partial charge in [0.15, 0.2) is 5.69 Å². The maximum Gasteiger partial charge on any atom is 0.274 e. The monoisotopic (exact) mass is 379 g/mol. The van der Waals surface area contributed by atoms with E-state index in [1.54, 1.807) is 25.3 Å². The van der Waals surface area contributed by atoms with Crippen LogP contribution in [0.4, 0.5) is 0 Å². The second-order valence-electron chi connectivity index (χ2n) is 7.09. The Bertz CT molecular complexity index is 1040. The van der Waals surface area contributed by atoms with Gasteiger partial charge in [0, 0.05) is 18.5 Å². The Kier molecular flexibility index (Phi) is 6.09. The lowest BCUT2D eigenvalue weighted by atomic mass is 10.1. The number of rotatable bonds is 7. The molecule has 1 aromatic heterocycles. The van der Waals surface area contributed by atoms with Gasteiger partial charge in [0.05, 0.1) is 12.5 Å². The minimum atomic E-state index is -0.288. The van der Waals surface area contributed by atoms with Crippen LogP contribution in [0.5, 0.6) is 5.75 Å². The van der Waals surface area contributed by atoms with Crippen molar-refractivity contribution in [2.75, 3.05) is 13.7 Å². The normalized spacial score (nSPS) is 11.0. The molecule has 6 heteroatoms. The molecule has 0 aliphatic rings. The van der Waals surface area contributed by atoms with Gasteiger partial charge in [-0.1, -0.05) is 50.2 Å². The zero-order valence-electron chi connectivity index (χ0n) is 16.4. The number of nitrogens with one attached hydrogen (secondary N) is 1. The number of amides is 1.